The molecule has 3 aromatic rings. The van der Waals surface area contributed by atoms with Crippen molar-refractivity contribution in [2.45, 2.75) is 31.8 Å². The summed E-state index contributed by atoms with van der Waals surface area (Å²) in [5.74, 6) is -0.438. The zero-order chi connectivity index (χ0) is 35.0. The van der Waals surface area contributed by atoms with Crippen molar-refractivity contribution in [1.29, 1.82) is 0 Å². The van der Waals surface area contributed by atoms with Crippen LogP contribution in [-0.2, 0) is 40.1 Å². The Labute approximate surface area is 302 Å². The number of thioether (sulfide) groups is 2. The van der Waals surface area contributed by atoms with E-state index in [1.165, 1.54) is 28.3 Å². The molecule has 0 fully saturated rings. The van der Waals surface area contributed by atoms with Gasteiger partial charge >= 0.3 is 17.9 Å². The number of amides is 1. The van der Waals surface area contributed by atoms with Crippen LogP contribution < -0.4 is 10.5 Å². The maximum Gasteiger partial charge on any atom is 0.347 e. The van der Waals surface area contributed by atoms with Crippen LogP contribution in [0.25, 0.3) is 5.69 Å². The fourth-order valence-corrected chi connectivity index (χ4v) is 7.66. The lowest BCUT2D eigenvalue weighted by molar-refractivity contribution is -0.145. The third kappa shape index (κ3) is 8.54. The highest BCUT2D eigenvalue weighted by Crippen LogP contribution is 2.38. The smallest absolute Gasteiger partial charge is 0.347 e. The van der Waals surface area contributed by atoms with E-state index in [0.29, 0.717) is 51.2 Å². The fraction of sp³-hybridized carbons (Fsp3) is 0.303. The summed E-state index contributed by atoms with van der Waals surface area (Å²) in [5.41, 5.74) is 2.73. The van der Waals surface area contributed by atoms with E-state index in [9.17, 15) is 29.1 Å². The van der Waals surface area contributed by atoms with Gasteiger partial charge in [-0.3, -0.25) is 23.9 Å². The molecule has 0 atom stereocenters. The molecule has 0 bridgehead atoms. The standard InChI is InChI=1S/C17H18BrNO5S.C16H14BrNO4S/c1-3-24-16(21)8-15(20)19(12-6-4-11(18)5-7-12)14-10-25-9-13(14)17(22)23-2;1-2-22-16(21)13-14(19)11-7-23-8-12(11)18(15(13)20)10-5-3-9(17)4-6-10/h4-7H,3,8-10H2,1-2H3;3-6,19H,2,7-8H2,1H3. The van der Waals surface area contributed by atoms with Crippen molar-refractivity contribution < 1.29 is 38.5 Å². The molecule has 0 radical (unpaired) electrons. The third-order valence-corrected chi connectivity index (χ3v) is 10.1. The molecule has 0 spiro atoms. The number of rotatable bonds is 9. The molecule has 0 saturated heterocycles. The first kappa shape index (κ1) is 37.3. The molecule has 1 aromatic heterocycles. The molecule has 48 heavy (non-hydrogen) atoms. The lowest BCUT2D eigenvalue weighted by Crippen LogP contribution is -2.34. The molecule has 1 N–H and O–H groups in total. The van der Waals surface area contributed by atoms with E-state index in [1.807, 2.05) is 12.1 Å². The molecular formula is C33H32Br2N2O9S2. The number of hydrogen-bond donors (Lipinski definition) is 1. The second-order valence-corrected chi connectivity index (χ2v) is 13.9. The number of benzene rings is 2. The molecular weight excluding hydrogens is 792 g/mol. The number of esters is 3. The van der Waals surface area contributed by atoms with E-state index >= 15 is 0 Å². The summed E-state index contributed by atoms with van der Waals surface area (Å²) in [6, 6.07) is 14.3. The lowest BCUT2D eigenvalue weighted by atomic mass is 10.1. The predicted molar refractivity (Wildman–Crippen MR) is 192 cm³/mol. The van der Waals surface area contributed by atoms with Crippen molar-refractivity contribution in [3.8, 4) is 11.4 Å². The van der Waals surface area contributed by atoms with Gasteiger partial charge in [0.1, 0.15) is 12.2 Å². The summed E-state index contributed by atoms with van der Waals surface area (Å²) in [5, 5.41) is 10.4. The minimum Gasteiger partial charge on any atom is -0.506 e. The number of methoxy groups -OCH3 is 1. The zero-order valence-electron chi connectivity index (χ0n) is 26.2. The van der Waals surface area contributed by atoms with Crippen LogP contribution in [0.3, 0.4) is 0 Å². The van der Waals surface area contributed by atoms with Gasteiger partial charge in [-0.25, -0.2) is 9.59 Å². The molecule has 0 unspecified atom stereocenters. The fourth-order valence-electron chi connectivity index (χ4n) is 4.94. The summed E-state index contributed by atoms with van der Waals surface area (Å²) < 4.78 is 17.9. The number of ether oxygens (including phenoxy) is 3. The minimum absolute atomic E-state index is 0.141. The second kappa shape index (κ2) is 17.2. The van der Waals surface area contributed by atoms with Crippen LogP contribution in [0, 0.1) is 0 Å². The number of halogens is 2. The topological polar surface area (TPSA) is 141 Å². The van der Waals surface area contributed by atoms with Crippen LogP contribution in [0.1, 0.15) is 41.9 Å². The van der Waals surface area contributed by atoms with Gasteiger partial charge in [0.05, 0.1) is 25.9 Å². The van der Waals surface area contributed by atoms with E-state index in [-0.39, 0.29) is 24.5 Å². The average molecular weight is 825 g/mol. The summed E-state index contributed by atoms with van der Waals surface area (Å²) in [7, 11) is 1.31. The van der Waals surface area contributed by atoms with Crippen molar-refractivity contribution >= 4 is 84.9 Å². The molecule has 2 aliphatic rings. The minimum atomic E-state index is -0.791. The monoisotopic (exact) mass is 822 g/mol. The van der Waals surface area contributed by atoms with E-state index < -0.39 is 35.8 Å². The molecule has 1 amide bonds. The van der Waals surface area contributed by atoms with Crippen molar-refractivity contribution in [1.82, 2.24) is 4.57 Å². The first-order valence-electron chi connectivity index (χ1n) is 14.6. The van der Waals surface area contributed by atoms with E-state index in [1.54, 1.807) is 62.0 Å². The maximum absolute atomic E-state index is 12.8. The first-order chi connectivity index (χ1) is 23.0. The van der Waals surface area contributed by atoms with Gasteiger partial charge in [0.2, 0.25) is 5.91 Å². The molecule has 15 heteroatoms. The molecule has 0 aliphatic carbocycles. The number of fused-ring (bicyclic) bond motifs is 1. The van der Waals surface area contributed by atoms with Gasteiger partial charge in [-0.15, -0.1) is 0 Å². The Kier molecular flexibility index (Phi) is 13.4. The van der Waals surface area contributed by atoms with Crippen molar-refractivity contribution in [3.05, 3.63) is 95.9 Å². The quantitative estimate of drug-likeness (QED) is 0.151. The number of nitrogens with zero attached hydrogens (tertiary/aromatic N) is 2. The highest BCUT2D eigenvalue weighted by atomic mass is 79.9. The normalized spacial score (nSPS) is 13.3. The Morgan fingerprint density at radius 1 is 0.854 bits per heavy atom. The summed E-state index contributed by atoms with van der Waals surface area (Å²) in [6.07, 6.45) is -0.396. The van der Waals surface area contributed by atoms with Crippen molar-refractivity contribution in [2.24, 2.45) is 0 Å². The Morgan fingerprint density at radius 2 is 1.46 bits per heavy atom. The Morgan fingerprint density at radius 3 is 2.06 bits per heavy atom. The number of aromatic nitrogens is 1. The van der Waals surface area contributed by atoms with Crippen LogP contribution >= 0.6 is 55.4 Å². The number of carbonyl (C=O) groups excluding carboxylic acids is 4. The van der Waals surface area contributed by atoms with Crippen LogP contribution in [-0.4, -0.2) is 65.3 Å². The summed E-state index contributed by atoms with van der Waals surface area (Å²) in [6.45, 7) is 3.68. The summed E-state index contributed by atoms with van der Waals surface area (Å²) >= 11 is 9.82. The molecule has 2 aromatic carbocycles. The van der Waals surface area contributed by atoms with E-state index in [4.69, 9.17) is 14.2 Å². The number of hydrogen-bond acceptors (Lipinski definition) is 11. The summed E-state index contributed by atoms with van der Waals surface area (Å²) in [4.78, 5) is 62.9. The highest BCUT2D eigenvalue weighted by molar-refractivity contribution is 9.10. The van der Waals surface area contributed by atoms with Crippen LogP contribution in [0.4, 0.5) is 5.69 Å². The van der Waals surface area contributed by atoms with E-state index in [0.717, 1.165) is 14.6 Å². The Bertz CT molecular complexity index is 1790. The Hall–Kier alpha value is -3.53. The van der Waals surface area contributed by atoms with Gasteiger partial charge in [-0.1, -0.05) is 31.9 Å². The van der Waals surface area contributed by atoms with Gasteiger partial charge in [-0.05, 0) is 62.4 Å². The maximum atomic E-state index is 12.8. The van der Waals surface area contributed by atoms with Crippen LogP contribution in [0.5, 0.6) is 5.75 Å². The zero-order valence-corrected chi connectivity index (χ0v) is 31.1. The number of pyridine rings is 1. The first-order valence-corrected chi connectivity index (χ1v) is 18.5. The molecule has 254 valence electrons. The predicted octanol–water partition coefficient (Wildman–Crippen LogP) is 6.14. The van der Waals surface area contributed by atoms with Gasteiger partial charge in [-0.2, -0.15) is 23.5 Å². The molecule has 2 aliphatic heterocycles. The number of anilines is 1. The lowest BCUT2D eigenvalue weighted by Gasteiger charge is -2.24. The number of aromatic hydroxyl groups is 1. The molecule has 5 rings (SSSR count). The van der Waals surface area contributed by atoms with Crippen LogP contribution in [0.2, 0.25) is 0 Å². The molecule has 11 nitrogen and oxygen atoms in total. The largest absolute Gasteiger partial charge is 0.506 e. The van der Waals surface area contributed by atoms with Gasteiger partial charge in [0, 0.05) is 60.3 Å². The third-order valence-electron chi connectivity index (χ3n) is 7.08. The average Bonchev–Trinajstić information content (AvgIpc) is 3.74. The van der Waals surface area contributed by atoms with Gasteiger partial charge < -0.3 is 19.3 Å². The molecule has 3 heterocycles. The number of carbonyl (C=O) groups is 4. The van der Waals surface area contributed by atoms with Gasteiger partial charge in [0.15, 0.2) is 5.56 Å². The van der Waals surface area contributed by atoms with E-state index in [2.05, 4.69) is 31.9 Å². The highest BCUT2D eigenvalue weighted by Gasteiger charge is 2.32. The van der Waals surface area contributed by atoms with Crippen molar-refractivity contribution in [2.75, 3.05) is 36.7 Å². The second-order valence-electron chi connectivity index (χ2n) is 10.1. The van der Waals surface area contributed by atoms with Crippen molar-refractivity contribution in [3.63, 3.8) is 0 Å². The molecule has 0 saturated carbocycles. The Balaban J connectivity index is 0.000000217. The van der Waals surface area contributed by atoms with Crippen LogP contribution in [0.15, 0.2) is 73.5 Å². The SMILES string of the molecule is CCOC(=O)CC(=O)N(C1=C(C(=O)OC)CSC1)c1ccc(Br)cc1.CCOC(=O)c1c(O)c2c(n(-c3ccc(Br)cc3)c1=O)CSC2. The van der Waals surface area contributed by atoms with Gasteiger partial charge in [0.25, 0.3) is 5.56 Å².